The molecule has 1 atom stereocenters. The molecule has 2 aliphatic carbocycles. The normalized spacial score (nSPS) is 21.3. The standard InChI is InChI=1S/C20H24N4O3/c25-18-11-13-5-3-8-16(13)21-24(18)12-14-6-4-10-23(14)20(26)19-15-7-1-2-9-17(15)27-22-19/h11,14H,1-10,12H2. The monoisotopic (exact) mass is 368 g/mol. The SMILES string of the molecule is O=C(c1noc2c1CCCC2)N1CCCC1Cn1nc2c(cc1=O)CCC2. The molecule has 0 N–H and O–H groups in total. The third-order valence-electron chi connectivity index (χ3n) is 6.20. The van der Waals surface area contributed by atoms with Gasteiger partial charge in [0.2, 0.25) is 0 Å². The topological polar surface area (TPSA) is 81.2 Å². The number of hydrogen-bond donors (Lipinski definition) is 0. The van der Waals surface area contributed by atoms with Crippen molar-refractivity contribution in [3.8, 4) is 0 Å². The maximum absolute atomic E-state index is 13.1. The van der Waals surface area contributed by atoms with Crippen LogP contribution in [0.3, 0.4) is 0 Å². The summed E-state index contributed by atoms with van der Waals surface area (Å²) < 4.78 is 6.98. The molecular formula is C20H24N4O3. The van der Waals surface area contributed by atoms with Crippen molar-refractivity contribution in [2.45, 2.75) is 70.4 Å². The molecule has 1 fully saturated rings. The highest BCUT2D eigenvalue weighted by atomic mass is 16.5. The van der Waals surface area contributed by atoms with Gasteiger partial charge in [-0.25, -0.2) is 4.68 Å². The Morgan fingerprint density at radius 3 is 2.96 bits per heavy atom. The highest BCUT2D eigenvalue weighted by Gasteiger charge is 2.34. The van der Waals surface area contributed by atoms with E-state index in [0.717, 1.165) is 80.4 Å². The van der Waals surface area contributed by atoms with E-state index in [0.29, 0.717) is 18.8 Å². The number of aromatic nitrogens is 3. The summed E-state index contributed by atoms with van der Waals surface area (Å²) >= 11 is 0. The first kappa shape index (κ1) is 16.7. The number of hydrogen-bond acceptors (Lipinski definition) is 5. The quantitative estimate of drug-likeness (QED) is 0.827. The van der Waals surface area contributed by atoms with Crippen LogP contribution in [0.5, 0.6) is 0 Å². The highest BCUT2D eigenvalue weighted by molar-refractivity contribution is 5.94. The van der Waals surface area contributed by atoms with Gasteiger partial charge in [-0.2, -0.15) is 5.10 Å². The number of carbonyl (C=O) groups excluding carboxylic acids is 1. The van der Waals surface area contributed by atoms with E-state index < -0.39 is 0 Å². The molecule has 1 amide bonds. The molecule has 2 aromatic heterocycles. The fourth-order valence-electron chi connectivity index (χ4n) is 4.75. The fraction of sp³-hybridized carbons (Fsp3) is 0.600. The maximum atomic E-state index is 13.1. The van der Waals surface area contributed by atoms with Gasteiger partial charge in [-0.1, -0.05) is 5.16 Å². The van der Waals surface area contributed by atoms with Crippen LogP contribution in [0.15, 0.2) is 15.4 Å². The van der Waals surface area contributed by atoms with Crippen molar-refractivity contribution in [1.82, 2.24) is 19.8 Å². The second-order valence-electron chi connectivity index (χ2n) is 7.92. The van der Waals surface area contributed by atoms with Gasteiger partial charge in [0.25, 0.3) is 11.5 Å². The van der Waals surface area contributed by atoms with Crippen LogP contribution in [0.2, 0.25) is 0 Å². The second-order valence-corrected chi connectivity index (χ2v) is 7.92. The van der Waals surface area contributed by atoms with Crippen molar-refractivity contribution >= 4 is 5.91 Å². The summed E-state index contributed by atoms with van der Waals surface area (Å²) in [5, 5.41) is 8.67. The molecule has 5 rings (SSSR count). The number of nitrogens with zero attached hydrogens (tertiary/aromatic N) is 4. The molecule has 3 heterocycles. The molecule has 0 spiro atoms. The largest absolute Gasteiger partial charge is 0.360 e. The van der Waals surface area contributed by atoms with Gasteiger partial charge in [-0.15, -0.1) is 0 Å². The van der Waals surface area contributed by atoms with E-state index in [1.807, 2.05) is 4.90 Å². The molecule has 1 saturated heterocycles. The molecule has 0 saturated carbocycles. The Hall–Kier alpha value is -2.44. The zero-order valence-electron chi connectivity index (χ0n) is 15.4. The number of fused-ring (bicyclic) bond motifs is 2. The molecular weight excluding hydrogens is 344 g/mol. The van der Waals surface area contributed by atoms with Crippen molar-refractivity contribution in [1.29, 1.82) is 0 Å². The Kier molecular flexibility index (Phi) is 4.10. The lowest BCUT2D eigenvalue weighted by atomic mass is 9.96. The molecule has 2 aromatic rings. The molecule has 1 aliphatic heterocycles. The second kappa shape index (κ2) is 6.62. The number of aryl methyl sites for hydroxylation is 3. The fourth-order valence-corrected chi connectivity index (χ4v) is 4.75. The summed E-state index contributed by atoms with van der Waals surface area (Å²) in [7, 11) is 0. The van der Waals surface area contributed by atoms with Crippen LogP contribution < -0.4 is 5.56 Å². The van der Waals surface area contributed by atoms with Gasteiger partial charge >= 0.3 is 0 Å². The van der Waals surface area contributed by atoms with Gasteiger partial charge in [0, 0.05) is 24.6 Å². The number of amides is 1. The van der Waals surface area contributed by atoms with Gasteiger partial charge in [0.05, 0.1) is 18.3 Å². The van der Waals surface area contributed by atoms with Gasteiger partial charge in [0.15, 0.2) is 5.69 Å². The first-order chi connectivity index (χ1) is 13.2. The Bertz CT molecular complexity index is 945. The van der Waals surface area contributed by atoms with E-state index >= 15 is 0 Å². The van der Waals surface area contributed by atoms with Crippen molar-refractivity contribution in [3.63, 3.8) is 0 Å². The molecule has 1 unspecified atom stereocenters. The number of rotatable bonds is 3. The summed E-state index contributed by atoms with van der Waals surface area (Å²) in [6.45, 7) is 1.16. The van der Waals surface area contributed by atoms with E-state index in [1.165, 1.54) is 0 Å². The molecule has 7 nitrogen and oxygen atoms in total. The first-order valence-electron chi connectivity index (χ1n) is 10.1. The van der Waals surface area contributed by atoms with Crippen LogP contribution in [0.4, 0.5) is 0 Å². The summed E-state index contributed by atoms with van der Waals surface area (Å²) in [5.74, 6) is 0.815. The molecule has 3 aliphatic rings. The summed E-state index contributed by atoms with van der Waals surface area (Å²) in [6.07, 6.45) is 8.68. The van der Waals surface area contributed by atoms with Crippen LogP contribution in [0.25, 0.3) is 0 Å². The zero-order chi connectivity index (χ0) is 18.4. The molecule has 0 aromatic carbocycles. The van der Waals surface area contributed by atoms with Crippen molar-refractivity contribution in [2.75, 3.05) is 6.54 Å². The van der Waals surface area contributed by atoms with Crippen molar-refractivity contribution in [2.24, 2.45) is 0 Å². The Labute approximate surface area is 157 Å². The lowest BCUT2D eigenvalue weighted by Gasteiger charge is -2.24. The van der Waals surface area contributed by atoms with Crippen LogP contribution in [-0.2, 0) is 32.2 Å². The van der Waals surface area contributed by atoms with Crippen LogP contribution in [0, 0.1) is 0 Å². The lowest BCUT2D eigenvalue weighted by molar-refractivity contribution is 0.0708. The zero-order valence-corrected chi connectivity index (χ0v) is 15.4. The predicted octanol–water partition coefficient (Wildman–Crippen LogP) is 1.90. The van der Waals surface area contributed by atoms with Gasteiger partial charge < -0.3 is 9.42 Å². The maximum Gasteiger partial charge on any atom is 0.276 e. The Balaban J connectivity index is 1.39. The minimum absolute atomic E-state index is 0.0157. The molecule has 0 bridgehead atoms. The van der Waals surface area contributed by atoms with E-state index in [-0.39, 0.29) is 17.5 Å². The number of likely N-dealkylation sites (tertiary alicyclic amines) is 1. The number of carbonyl (C=O) groups is 1. The average molecular weight is 368 g/mol. The summed E-state index contributed by atoms with van der Waals surface area (Å²) in [4.78, 5) is 27.5. The van der Waals surface area contributed by atoms with Gasteiger partial charge in [-0.05, 0) is 56.9 Å². The molecule has 0 radical (unpaired) electrons. The van der Waals surface area contributed by atoms with E-state index in [2.05, 4.69) is 10.3 Å². The van der Waals surface area contributed by atoms with E-state index in [9.17, 15) is 9.59 Å². The lowest BCUT2D eigenvalue weighted by Crippen LogP contribution is -2.41. The summed E-state index contributed by atoms with van der Waals surface area (Å²) in [6, 6.07) is 1.71. The van der Waals surface area contributed by atoms with Crippen LogP contribution >= 0.6 is 0 Å². The van der Waals surface area contributed by atoms with Crippen molar-refractivity contribution < 1.29 is 9.32 Å². The Morgan fingerprint density at radius 2 is 2.04 bits per heavy atom. The van der Waals surface area contributed by atoms with Crippen LogP contribution in [0.1, 0.15) is 65.2 Å². The van der Waals surface area contributed by atoms with Gasteiger partial charge in [0.1, 0.15) is 5.76 Å². The predicted molar refractivity (Wildman–Crippen MR) is 97.7 cm³/mol. The highest BCUT2D eigenvalue weighted by Crippen LogP contribution is 2.28. The molecule has 7 heteroatoms. The minimum Gasteiger partial charge on any atom is -0.360 e. The minimum atomic E-state index is -0.0613. The van der Waals surface area contributed by atoms with E-state index in [1.54, 1.807) is 10.7 Å². The molecule has 142 valence electrons. The third-order valence-corrected chi connectivity index (χ3v) is 6.20. The Morgan fingerprint density at radius 1 is 1.15 bits per heavy atom. The van der Waals surface area contributed by atoms with Crippen LogP contribution in [-0.4, -0.2) is 38.3 Å². The summed E-state index contributed by atoms with van der Waals surface area (Å²) in [5.41, 5.74) is 3.53. The average Bonchev–Trinajstić information content (AvgIpc) is 3.40. The molecule has 27 heavy (non-hydrogen) atoms. The van der Waals surface area contributed by atoms with E-state index in [4.69, 9.17) is 4.52 Å². The first-order valence-corrected chi connectivity index (χ1v) is 10.1. The van der Waals surface area contributed by atoms with Crippen molar-refractivity contribution in [3.05, 3.63) is 44.7 Å². The third kappa shape index (κ3) is 2.89. The van der Waals surface area contributed by atoms with Gasteiger partial charge in [-0.3, -0.25) is 9.59 Å². The smallest absolute Gasteiger partial charge is 0.276 e.